The molecule has 1 aromatic carbocycles. The Kier molecular flexibility index (Phi) is 4.74. The zero-order valence-electron chi connectivity index (χ0n) is 11.0. The quantitative estimate of drug-likeness (QED) is 0.884. The number of hydrogen-bond acceptors (Lipinski definition) is 3. The van der Waals surface area contributed by atoms with Crippen molar-refractivity contribution >= 4 is 34.5 Å². The van der Waals surface area contributed by atoms with Gasteiger partial charge in [-0.1, -0.05) is 23.2 Å². The molecule has 19 heavy (non-hydrogen) atoms. The lowest BCUT2D eigenvalue weighted by Gasteiger charge is -2.19. The predicted octanol–water partition coefficient (Wildman–Crippen LogP) is 4.68. The van der Waals surface area contributed by atoms with Crippen LogP contribution in [0.3, 0.4) is 0 Å². The third kappa shape index (κ3) is 2.90. The average Bonchev–Trinajstić information content (AvgIpc) is 2.80. The standard InChI is InChI=1S/C14H15Cl2NOS/c1-8-6-19-7-10(8)14(17-2)9-4-12(16)13(18-3)5-11(9)15/h4-7,14,17H,1-3H3. The lowest BCUT2D eigenvalue weighted by molar-refractivity contribution is 0.415. The van der Waals surface area contributed by atoms with Crippen LogP contribution < -0.4 is 10.1 Å². The number of ether oxygens (including phenoxy) is 1. The molecule has 0 radical (unpaired) electrons. The summed E-state index contributed by atoms with van der Waals surface area (Å²) < 4.78 is 5.17. The van der Waals surface area contributed by atoms with Gasteiger partial charge in [-0.2, -0.15) is 11.3 Å². The van der Waals surface area contributed by atoms with Gasteiger partial charge in [-0.15, -0.1) is 0 Å². The molecule has 2 nitrogen and oxygen atoms in total. The van der Waals surface area contributed by atoms with E-state index in [2.05, 4.69) is 23.0 Å². The van der Waals surface area contributed by atoms with Crippen molar-refractivity contribution in [1.82, 2.24) is 5.32 Å². The summed E-state index contributed by atoms with van der Waals surface area (Å²) >= 11 is 14.2. The first-order valence-electron chi connectivity index (χ1n) is 5.81. The van der Waals surface area contributed by atoms with Crippen LogP contribution in [0.1, 0.15) is 22.7 Å². The molecule has 2 rings (SSSR count). The molecule has 0 fully saturated rings. The van der Waals surface area contributed by atoms with Crippen molar-refractivity contribution in [2.75, 3.05) is 14.2 Å². The summed E-state index contributed by atoms with van der Waals surface area (Å²) in [4.78, 5) is 0. The normalized spacial score (nSPS) is 12.5. The lowest BCUT2D eigenvalue weighted by atomic mass is 9.98. The molecule has 0 aliphatic rings. The molecule has 0 spiro atoms. The number of nitrogens with one attached hydrogen (secondary N) is 1. The van der Waals surface area contributed by atoms with Gasteiger partial charge in [-0.25, -0.2) is 0 Å². The Labute approximate surface area is 127 Å². The van der Waals surface area contributed by atoms with Gasteiger partial charge < -0.3 is 10.1 Å². The van der Waals surface area contributed by atoms with E-state index in [4.69, 9.17) is 27.9 Å². The van der Waals surface area contributed by atoms with Gasteiger partial charge in [0.2, 0.25) is 0 Å². The Hall–Kier alpha value is -0.740. The Balaban J connectivity index is 2.50. The first-order chi connectivity index (χ1) is 9.08. The molecule has 0 aliphatic carbocycles. The molecule has 0 bridgehead atoms. The first-order valence-corrected chi connectivity index (χ1v) is 7.51. The number of rotatable bonds is 4. The molecular formula is C14H15Cl2NOS. The van der Waals surface area contributed by atoms with Crippen LogP contribution in [0.5, 0.6) is 5.75 Å². The number of hydrogen-bond donors (Lipinski definition) is 1. The molecule has 0 saturated carbocycles. The van der Waals surface area contributed by atoms with Crippen molar-refractivity contribution in [3.63, 3.8) is 0 Å². The molecule has 1 aromatic heterocycles. The zero-order chi connectivity index (χ0) is 14.0. The molecule has 0 amide bonds. The van der Waals surface area contributed by atoms with Gasteiger partial charge in [-0.05, 0) is 47.5 Å². The van der Waals surface area contributed by atoms with Gasteiger partial charge in [-0.3, -0.25) is 0 Å². The van der Waals surface area contributed by atoms with Crippen molar-refractivity contribution in [1.29, 1.82) is 0 Å². The fourth-order valence-electron chi connectivity index (χ4n) is 2.07. The fraction of sp³-hybridized carbons (Fsp3) is 0.286. The minimum absolute atomic E-state index is 0.0298. The topological polar surface area (TPSA) is 21.3 Å². The molecule has 1 atom stereocenters. The molecule has 2 aromatic rings. The average molecular weight is 316 g/mol. The van der Waals surface area contributed by atoms with E-state index in [1.165, 1.54) is 11.1 Å². The van der Waals surface area contributed by atoms with E-state index in [0.29, 0.717) is 15.8 Å². The molecule has 5 heteroatoms. The second-order valence-electron chi connectivity index (χ2n) is 4.24. The highest BCUT2D eigenvalue weighted by Gasteiger charge is 2.19. The summed E-state index contributed by atoms with van der Waals surface area (Å²) in [6, 6.07) is 3.65. The molecule has 0 saturated heterocycles. The number of thiophene rings is 1. The molecule has 1 heterocycles. The van der Waals surface area contributed by atoms with E-state index in [1.807, 2.05) is 13.1 Å². The third-order valence-electron chi connectivity index (χ3n) is 3.08. The highest BCUT2D eigenvalue weighted by atomic mass is 35.5. The maximum Gasteiger partial charge on any atom is 0.138 e. The first kappa shape index (κ1) is 14.7. The molecule has 102 valence electrons. The summed E-state index contributed by atoms with van der Waals surface area (Å²) in [5, 5.41) is 8.75. The van der Waals surface area contributed by atoms with Crippen LogP contribution in [-0.4, -0.2) is 14.2 Å². The van der Waals surface area contributed by atoms with E-state index in [9.17, 15) is 0 Å². The lowest BCUT2D eigenvalue weighted by Crippen LogP contribution is -2.18. The van der Waals surface area contributed by atoms with Crippen LogP contribution in [0.4, 0.5) is 0 Å². The largest absolute Gasteiger partial charge is 0.495 e. The summed E-state index contributed by atoms with van der Waals surface area (Å²) in [7, 11) is 3.49. The van der Waals surface area contributed by atoms with Gasteiger partial charge in [0, 0.05) is 11.1 Å². The second kappa shape index (κ2) is 6.14. The van der Waals surface area contributed by atoms with Crippen LogP contribution in [0.2, 0.25) is 10.0 Å². The van der Waals surface area contributed by atoms with E-state index >= 15 is 0 Å². The minimum Gasteiger partial charge on any atom is -0.495 e. The van der Waals surface area contributed by atoms with E-state index in [0.717, 1.165) is 5.56 Å². The van der Waals surface area contributed by atoms with Crippen LogP contribution in [-0.2, 0) is 0 Å². The molecule has 1 N–H and O–H groups in total. The third-order valence-corrected chi connectivity index (χ3v) is 4.58. The van der Waals surface area contributed by atoms with Crippen LogP contribution >= 0.6 is 34.5 Å². The van der Waals surface area contributed by atoms with Crippen molar-refractivity contribution in [2.24, 2.45) is 0 Å². The minimum atomic E-state index is 0.0298. The summed E-state index contributed by atoms with van der Waals surface area (Å²) in [6.07, 6.45) is 0. The number of aryl methyl sites for hydroxylation is 1. The predicted molar refractivity (Wildman–Crippen MR) is 83.0 cm³/mol. The summed E-state index contributed by atoms with van der Waals surface area (Å²) in [5.74, 6) is 0.590. The summed E-state index contributed by atoms with van der Waals surface area (Å²) in [6.45, 7) is 2.09. The number of methoxy groups -OCH3 is 1. The Bertz CT molecular complexity index is 583. The number of halogens is 2. The van der Waals surface area contributed by atoms with Gasteiger partial charge in [0.1, 0.15) is 5.75 Å². The Morgan fingerprint density at radius 2 is 1.89 bits per heavy atom. The van der Waals surface area contributed by atoms with E-state index in [1.54, 1.807) is 24.5 Å². The van der Waals surface area contributed by atoms with Crippen molar-refractivity contribution in [2.45, 2.75) is 13.0 Å². The van der Waals surface area contributed by atoms with Gasteiger partial charge in [0.15, 0.2) is 0 Å². The van der Waals surface area contributed by atoms with Crippen molar-refractivity contribution in [3.8, 4) is 5.75 Å². The van der Waals surface area contributed by atoms with Crippen LogP contribution in [0, 0.1) is 6.92 Å². The van der Waals surface area contributed by atoms with Crippen molar-refractivity contribution < 1.29 is 4.74 Å². The van der Waals surface area contributed by atoms with Crippen molar-refractivity contribution in [3.05, 3.63) is 49.6 Å². The SMILES string of the molecule is CNC(c1cscc1C)c1cc(Cl)c(OC)cc1Cl. The summed E-state index contributed by atoms with van der Waals surface area (Å²) in [5.41, 5.74) is 3.42. The highest BCUT2D eigenvalue weighted by Crippen LogP contribution is 2.37. The molecule has 1 unspecified atom stereocenters. The molecular weight excluding hydrogens is 301 g/mol. The monoisotopic (exact) mass is 315 g/mol. The maximum absolute atomic E-state index is 6.35. The highest BCUT2D eigenvalue weighted by molar-refractivity contribution is 7.08. The molecule has 0 aliphatic heterocycles. The smallest absolute Gasteiger partial charge is 0.138 e. The van der Waals surface area contributed by atoms with Gasteiger partial charge >= 0.3 is 0 Å². The van der Waals surface area contributed by atoms with E-state index < -0.39 is 0 Å². The van der Waals surface area contributed by atoms with Gasteiger partial charge in [0.25, 0.3) is 0 Å². The van der Waals surface area contributed by atoms with Gasteiger partial charge in [0.05, 0.1) is 18.2 Å². The fourth-order valence-corrected chi connectivity index (χ4v) is 3.46. The van der Waals surface area contributed by atoms with E-state index in [-0.39, 0.29) is 6.04 Å². The Morgan fingerprint density at radius 1 is 1.16 bits per heavy atom. The van der Waals surface area contributed by atoms with Crippen LogP contribution in [0.15, 0.2) is 22.9 Å². The van der Waals surface area contributed by atoms with Crippen LogP contribution in [0.25, 0.3) is 0 Å². The second-order valence-corrected chi connectivity index (χ2v) is 5.80. The zero-order valence-corrected chi connectivity index (χ0v) is 13.3. The maximum atomic E-state index is 6.35. The Morgan fingerprint density at radius 3 is 2.42 bits per heavy atom. The number of benzene rings is 1.